The lowest BCUT2D eigenvalue weighted by Gasteiger charge is -2.15. The molecule has 134 valence electrons. The Morgan fingerprint density at radius 3 is 2.36 bits per heavy atom. The minimum atomic E-state index is -3.55. The predicted molar refractivity (Wildman–Crippen MR) is 95.7 cm³/mol. The molecular formula is C18H22N2O4S. The first-order valence-corrected chi connectivity index (χ1v) is 9.30. The van der Waals surface area contributed by atoms with Crippen LogP contribution < -0.4 is 10.1 Å². The van der Waals surface area contributed by atoms with E-state index in [1.807, 2.05) is 30.3 Å². The summed E-state index contributed by atoms with van der Waals surface area (Å²) in [7, 11) is -0.595. The lowest BCUT2D eigenvalue weighted by atomic mass is 10.2. The number of sulfonamides is 1. The van der Waals surface area contributed by atoms with Gasteiger partial charge in [-0.1, -0.05) is 36.4 Å². The molecule has 0 bridgehead atoms. The van der Waals surface area contributed by atoms with E-state index in [4.69, 9.17) is 4.74 Å². The monoisotopic (exact) mass is 362 g/mol. The molecule has 0 fully saturated rings. The van der Waals surface area contributed by atoms with Gasteiger partial charge < -0.3 is 10.1 Å². The number of hydrogen-bond acceptors (Lipinski definition) is 4. The molecule has 2 aromatic carbocycles. The molecule has 2 rings (SSSR count). The van der Waals surface area contributed by atoms with Crippen molar-refractivity contribution in [3.8, 4) is 5.75 Å². The lowest BCUT2D eigenvalue weighted by molar-refractivity contribution is -0.121. The van der Waals surface area contributed by atoms with Crippen LogP contribution in [0.2, 0.25) is 0 Å². The topological polar surface area (TPSA) is 75.7 Å². The fourth-order valence-corrected chi connectivity index (χ4v) is 3.27. The number of ether oxygens (including phenoxy) is 1. The summed E-state index contributed by atoms with van der Waals surface area (Å²) >= 11 is 0. The van der Waals surface area contributed by atoms with E-state index in [1.54, 1.807) is 18.2 Å². The second-order valence-corrected chi connectivity index (χ2v) is 7.70. The largest absolute Gasteiger partial charge is 0.493 e. The fraction of sp³-hybridized carbons (Fsp3) is 0.278. The quantitative estimate of drug-likeness (QED) is 0.780. The first-order valence-electron chi connectivity index (χ1n) is 7.86. The maximum atomic E-state index is 12.3. The standard InChI is InChI=1S/C18H22N2O4S/c1-20(2)25(22,23)17-11-7-6-8-15(17)14-19-18(21)12-13-24-16-9-4-3-5-10-16/h3-11H,12-14H2,1-2H3,(H,19,21). The van der Waals surface area contributed by atoms with Crippen LogP contribution in [0, 0.1) is 0 Å². The van der Waals surface area contributed by atoms with Crippen LogP contribution in [0.15, 0.2) is 59.5 Å². The van der Waals surface area contributed by atoms with Crippen LogP contribution >= 0.6 is 0 Å². The molecule has 7 heteroatoms. The molecule has 6 nitrogen and oxygen atoms in total. The summed E-state index contributed by atoms with van der Waals surface area (Å²) < 4.78 is 31.3. The SMILES string of the molecule is CN(C)S(=O)(=O)c1ccccc1CNC(=O)CCOc1ccccc1. The van der Waals surface area contributed by atoms with Gasteiger partial charge in [-0.25, -0.2) is 12.7 Å². The third-order valence-electron chi connectivity index (χ3n) is 3.55. The Bertz CT molecular complexity index is 805. The molecule has 0 aliphatic heterocycles. The molecule has 1 amide bonds. The molecule has 1 N–H and O–H groups in total. The van der Waals surface area contributed by atoms with Crippen molar-refractivity contribution in [2.45, 2.75) is 17.9 Å². The minimum Gasteiger partial charge on any atom is -0.493 e. The van der Waals surface area contributed by atoms with Gasteiger partial charge in [0.15, 0.2) is 0 Å². The molecule has 0 radical (unpaired) electrons. The van der Waals surface area contributed by atoms with E-state index in [1.165, 1.54) is 20.2 Å². The van der Waals surface area contributed by atoms with E-state index >= 15 is 0 Å². The van der Waals surface area contributed by atoms with Gasteiger partial charge in [-0.2, -0.15) is 0 Å². The zero-order chi connectivity index (χ0) is 18.3. The lowest BCUT2D eigenvalue weighted by Crippen LogP contribution is -2.27. The van der Waals surface area contributed by atoms with Crippen LogP contribution in [0.5, 0.6) is 5.75 Å². The van der Waals surface area contributed by atoms with Crippen LogP contribution in [0.3, 0.4) is 0 Å². The van der Waals surface area contributed by atoms with Gasteiger partial charge in [-0.3, -0.25) is 4.79 Å². The first-order chi connectivity index (χ1) is 11.9. The Hall–Kier alpha value is -2.38. The van der Waals surface area contributed by atoms with Crippen LogP contribution in [-0.2, 0) is 21.4 Å². The Balaban J connectivity index is 1.90. The first kappa shape index (κ1) is 19.0. The zero-order valence-corrected chi connectivity index (χ0v) is 15.1. The van der Waals surface area contributed by atoms with E-state index < -0.39 is 10.0 Å². The number of hydrogen-bond donors (Lipinski definition) is 1. The summed E-state index contributed by atoms with van der Waals surface area (Å²) in [4.78, 5) is 12.1. The molecule has 0 aliphatic carbocycles. The number of nitrogens with one attached hydrogen (secondary N) is 1. The Morgan fingerprint density at radius 2 is 1.68 bits per heavy atom. The maximum Gasteiger partial charge on any atom is 0.242 e. The summed E-state index contributed by atoms with van der Waals surface area (Å²) in [6.45, 7) is 0.404. The normalized spacial score (nSPS) is 11.3. The highest BCUT2D eigenvalue weighted by Crippen LogP contribution is 2.18. The Kier molecular flexibility index (Phi) is 6.55. The number of carbonyl (C=O) groups is 1. The molecular weight excluding hydrogens is 340 g/mol. The molecule has 0 aromatic heterocycles. The van der Waals surface area contributed by atoms with Gasteiger partial charge in [0, 0.05) is 20.6 Å². The highest BCUT2D eigenvalue weighted by Gasteiger charge is 2.20. The van der Waals surface area contributed by atoms with Crippen molar-refractivity contribution in [3.63, 3.8) is 0 Å². The van der Waals surface area contributed by atoms with Crippen molar-refractivity contribution in [1.29, 1.82) is 0 Å². The van der Waals surface area contributed by atoms with Gasteiger partial charge in [-0.15, -0.1) is 0 Å². The maximum absolute atomic E-state index is 12.3. The van der Waals surface area contributed by atoms with Crippen LogP contribution in [-0.4, -0.2) is 39.3 Å². The van der Waals surface area contributed by atoms with E-state index in [2.05, 4.69) is 5.32 Å². The average molecular weight is 362 g/mol. The van der Waals surface area contributed by atoms with Crippen LogP contribution in [0.1, 0.15) is 12.0 Å². The van der Waals surface area contributed by atoms with E-state index in [0.717, 1.165) is 4.31 Å². The highest BCUT2D eigenvalue weighted by atomic mass is 32.2. The van der Waals surface area contributed by atoms with Crippen LogP contribution in [0.4, 0.5) is 0 Å². The van der Waals surface area contributed by atoms with Gasteiger partial charge in [0.25, 0.3) is 0 Å². The van der Waals surface area contributed by atoms with Gasteiger partial charge in [0.05, 0.1) is 17.9 Å². The summed E-state index contributed by atoms with van der Waals surface area (Å²) in [6, 6.07) is 15.9. The number of benzene rings is 2. The van der Waals surface area contributed by atoms with E-state index in [-0.39, 0.29) is 30.4 Å². The summed E-state index contributed by atoms with van der Waals surface area (Å²) in [5, 5.41) is 2.73. The number of rotatable bonds is 8. The molecule has 0 saturated carbocycles. The summed E-state index contributed by atoms with van der Waals surface area (Å²) in [5.74, 6) is 0.505. The van der Waals surface area contributed by atoms with Gasteiger partial charge in [0.1, 0.15) is 5.75 Å². The van der Waals surface area contributed by atoms with Crippen molar-refractivity contribution in [2.75, 3.05) is 20.7 Å². The van der Waals surface area contributed by atoms with Gasteiger partial charge >= 0.3 is 0 Å². The van der Waals surface area contributed by atoms with E-state index in [9.17, 15) is 13.2 Å². The van der Waals surface area contributed by atoms with Crippen molar-refractivity contribution in [3.05, 3.63) is 60.2 Å². The van der Waals surface area contributed by atoms with Crippen molar-refractivity contribution < 1.29 is 17.9 Å². The highest BCUT2D eigenvalue weighted by molar-refractivity contribution is 7.89. The van der Waals surface area contributed by atoms with E-state index in [0.29, 0.717) is 11.3 Å². The van der Waals surface area contributed by atoms with Crippen molar-refractivity contribution in [1.82, 2.24) is 9.62 Å². The average Bonchev–Trinajstić information content (AvgIpc) is 2.61. The zero-order valence-electron chi connectivity index (χ0n) is 14.3. The smallest absolute Gasteiger partial charge is 0.242 e. The minimum absolute atomic E-state index is 0.146. The van der Waals surface area contributed by atoms with Gasteiger partial charge in [-0.05, 0) is 23.8 Å². The molecule has 0 unspecified atom stereocenters. The second kappa shape index (κ2) is 8.64. The fourth-order valence-electron chi connectivity index (χ4n) is 2.16. The van der Waals surface area contributed by atoms with Crippen molar-refractivity contribution in [2.24, 2.45) is 0 Å². The van der Waals surface area contributed by atoms with Crippen LogP contribution in [0.25, 0.3) is 0 Å². The molecule has 0 spiro atoms. The Labute approximate surface area is 148 Å². The molecule has 25 heavy (non-hydrogen) atoms. The third kappa shape index (κ3) is 5.30. The molecule has 0 heterocycles. The molecule has 2 aromatic rings. The molecule has 0 atom stereocenters. The number of amides is 1. The second-order valence-electron chi connectivity index (χ2n) is 5.58. The number of carbonyl (C=O) groups excluding carboxylic acids is 1. The summed E-state index contributed by atoms with van der Waals surface area (Å²) in [6.07, 6.45) is 0.192. The number of para-hydroxylation sites is 1. The van der Waals surface area contributed by atoms with Gasteiger partial charge in [0.2, 0.25) is 15.9 Å². The number of nitrogens with zero attached hydrogens (tertiary/aromatic N) is 1. The predicted octanol–water partition coefficient (Wildman–Crippen LogP) is 2.02. The Morgan fingerprint density at radius 1 is 1.04 bits per heavy atom. The molecule has 0 aliphatic rings. The summed E-state index contributed by atoms with van der Waals surface area (Å²) in [5.41, 5.74) is 0.550. The molecule has 0 saturated heterocycles. The van der Waals surface area contributed by atoms with Crippen molar-refractivity contribution >= 4 is 15.9 Å². The third-order valence-corrected chi connectivity index (χ3v) is 5.46.